The van der Waals surface area contributed by atoms with Crippen LogP contribution in [0, 0.1) is 0 Å². The zero-order valence-electron chi connectivity index (χ0n) is 14.9. The summed E-state index contributed by atoms with van der Waals surface area (Å²) in [6.07, 6.45) is 1.58. The van der Waals surface area contributed by atoms with Crippen LogP contribution in [0.1, 0.15) is 12.7 Å². The number of furan rings is 1. The van der Waals surface area contributed by atoms with Crippen molar-refractivity contribution in [2.24, 2.45) is 4.99 Å². The molecule has 2 aromatic rings. The van der Waals surface area contributed by atoms with Gasteiger partial charge in [0.2, 0.25) is 5.91 Å². The molecule has 1 heterocycles. The first-order valence-electron chi connectivity index (χ1n) is 8.12. The molecule has 3 N–H and O–H groups in total. The van der Waals surface area contributed by atoms with E-state index in [0.717, 1.165) is 12.3 Å². The van der Waals surface area contributed by atoms with Gasteiger partial charge in [-0.25, -0.2) is 0 Å². The predicted octanol–water partition coefficient (Wildman–Crippen LogP) is 2.86. The number of benzene rings is 1. The zero-order chi connectivity index (χ0) is 17.9. The first-order valence-corrected chi connectivity index (χ1v) is 9.00. The second kappa shape index (κ2) is 12.6. The van der Waals surface area contributed by atoms with Gasteiger partial charge in [-0.05, 0) is 24.3 Å². The number of carbonyl (C=O) groups excluding carboxylic acids is 1. The SMILES string of the molecule is CN=C(NCC(=O)NCc1ccco1)NCC(C)Sc1ccccc1.I. The molecule has 0 saturated carbocycles. The predicted molar refractivity (Wildman–Crippen MR) is 117 cm³/mol. The number of halogens is 1. The van der Waals surface area contributed by atoms with Crippen LogP contribution < -0.4 is 16.0 Å². The van der Waals surface area contributed by atoms with Crippen LogP contribution in [-0.2, 0) is 11.3 Å². The Morgan fingerprint density at radius 1 is 1.15 bits per heavy atom. The fourth-order valence-electron chi connectivity index (χ4n) is 2.06. The van der Waals surface area contributed by atoms with Crippen molar-refractivity contribution in [2.45, 2.75) is 23.6 Å². The summed E-state index contributed by atoms with van der Waals surface area (Å²) in [7, 11) is 1.69. The Balaban J connectivity index is 0.00000338. The molecule has 0 fully saturated rings. The van der Waals surface area contributed by atoms with E-state index < -0.39 is 0 Å². The Morgan fingerprint density at radius 3 is 2.58 bits per heavy atom. The molecular weight excluding hydrogens is 463 g/mol. The van der Waals surface area contributed by atoms with Crippen molar-refractivity contribution in [3.05, 3.63) is 54.5 Å². The van der Waals surface area contributed by atoms with Gasteiger partial charge in [-0.2, -0.15) is 0 Å². The number of aliphatic imine (C=N–C) groups is 1. The number of amides is 1. The van der Waals surface area contributed by atoms with Gasteiger partial charge >= 0.3 is 0 Å². The van der Waals surface area contributed by atoms with Crippen molar-refractivity contribution in [1.82, 2.24) is 16.0 Å². The van der Waals surface area contributed by atoms with E-state index in [-0.39, 0.29) is 36.4 Å². The number of carbonyl (C=O) groups is 1. The van der Waals surface area contributed by atoms with Crippen LogP contribution >= 0.6 is 35.7 Å². The summed E-state index contributed by atoms with van der Waals surface area (Å²) in [4.78, 5) is 17.2. The summed E-state index contributed by atoms with van der Waals surface area (Å²) in [5, 5.41) is 9.39. The third kappa shape index (κ3) is 8.61. The molecule has 0 spiro atoms. The first kappa shape index (κ1) is 22.4. The molecular formula is C18H25IN4O2S. The van der Waals surface area contributed by atoms with Crippen molar-refractivity contribution in [2.75, 3.05) is 20.1 Å². The van der Waals surface area contributed by atoms with Crippen LogP contribution in [0.15, 0.2) is 63.0 Å². The van der Waals surface area contributed by atoms with Crippen molar-refractivity contribution in [1.29, 1.82) is 0 Å². The molecule has 1 aromatic carbocycles. The van der Waals surface area contributed by atoms with Crippen LogP contribution in [0.5, 0.6) is 0 Å². The third-order valence-electron chi connectivity index (χ3n) is 3.32. The number of hydrogen-bond donors (Lipinski definition) is 3. The zero-order valence-corrected chi connectivity index (χ0v) is 18.0. The molecule has 0 saturated heterocycles. The summed E-state index contributed by atoms with van der Waals surface area (Å²) in [6.45, 7) is 3.42. The lowest BCUT2D eigenvalue weighted by atomic mass is 10.4. The summed E-state index contributed by atoms with van der Waals surface area (Å²) in [5.74, 6) is 1.21. The normalized spacial score (nSPS) is 12.0. The summed E-state index contributed by atoms with van der Waals surface area (Å²) < 4.78 is 5.17. The van der Waals surface area contributed by atoms with Gasteiger partial charge < -0.3 is 20.4 Å². The minimum absolute atomic E-state index is 0. The molecule has 0 aliphatic rings. The van der Waals surface area contributed by atoms with E-state index in [2.05, 4.69) is 40.0 Å². The number of nitrogens with one attached hydrogen (secondary N) is 3. The van der Waals surface area contributed by atoms with E-state index in [1.165, 1.54) is 4.90 Å². The van der Waals surface area contributed by atoms with E-state index in [4.69, 9.17) is 4.42 Å². The monoisotopic (exact) mass is 488 g/mol. The van der Waals surface area contributed by atoms with Crippen molar-refractivity contribution >= 4 is 47.6 Å². The highest BCUT2D eigenvalue weighted by atomic mass is 127. The summed E-state index contributed by atoms with van der Waals surface area (Å²) >= 11 is 1.79. The molecule has 8 heteroatoms. The van der Waals surface area contributed by atoms with Crippen molar-refractivity contribution in [3.63, 3.8) is 0 Å². The molecule has 142 valence electrons. The molecule has 0 radical (unpaired) electrons. The molecule has 0 aliphatic carbocycles. The lowest BCUT2D eigenvalue weighted by Gasteiger charge is -2.15. The lowest BCUT2D eigenvalue weighted by Crippen LogP contribution is -2.44. The lowest BCUT2D eigenvalue weighted by molar-refractivity contribution is -0.120. The van der Waals surface area contributed by atoms with E-state index in [1.54, 1.807) is 31.1 Å². The Kier molecular flexibility index (Phi) is 10.9. The maximum atomic E-state index is 11.8. The van der Waals surface area contributed by atoms with Crippen LogP contribution in [0.3, 0.4) is 0 Å². The fraction of sp³-hybridized carbons (Fsp3) is 0.333. The highest BCUT2D eigenvalue weighted by Gasteiger charge is 2.07. The Bertz CT molecular complexity index is 665. The van der Waals surface area contributed by atoms with Crippen LogP contribution in [0.2, 0.25) is 0 Å². The highest BCUT2D eigenvalue weighted by molar-refractivity contribution is 14.0. The number of thioether (sulfide) groups is 1. The van der Waals surface area contributed by atoms with E-state index in [1.807, 2.05) is 24.3 Å². The van der Waals surface area contributed by atoms with Gasteiger partial charge in [-0.1, -0.05) is 25.1 Å². The van der Waals surface area contributed by atoms with Gasteiger partial charge in [0.15, 0.2) is 5.96 Å². The molecule has 1 unspecified atom stereocenters. The van der Waals surface area contributed by atoms with Gasteiger partial charge in [0.05, 0.1) is 19.4 Å². The van der Waals surface area contributed by atoms with Gasteiger partial charge in [-0.15, -0.1) is 35.7 Å². The summed E-state index contributed by atoms with van der Waals surface area (Å²) in [6, 6.07) is 13.9. The summed E-state index contributed by atoms with van der Waals surface area (Å²) in [5.41, 5.74) is 0. The Hall–Kier alpha value is -1.68. The average molecular weight is 488 g/mol. The van der Waals surface area contributed by atoms with E-state index >= 15 is 0 Å². The molecule has 2 rings (SSSR count). The molecule has 26 heavy (non-hydrogen) atoms. The third-order valence-corrected chi connectivity index (χ3v) is 4.43. The molecule has 1 aromatic heterocycles. The van der Waals surface area contributed by atoms with Crippen molar-refractivity contribution in [3.8, 4) is 0 Å². The smallest absolute Gasteiger partial charge is 0.239 e. The quantitative estimate of drug-likeness (QED) is 0.231. The highest BCUT2D eigenvalue weighted by Crippen LogP contribution is 2.21. The van der Waals surface area contributed by atoms with Gasteiger partial charge in [0.25, 0.3) is 0 Å². The van der Waals surface area contributed by atoms with Gasteiger partial charge in [0, 0.05) is 23.7 Å². The molecule has 6 nitrogen and oxygen atoms in total. The average Bonchev–Trinajstić information content (AvgIpc) is 3.14. The second-order valence-corrected chi connectivity index (χ2v) is 6.92. The maximum Gasteiger partial charge on any atom is 0.239 e. The van der Waals surface area contributed by atoms with Crippen LogP contribution in [0.25, 0.3) is 0 Å². The van der Waals surface area contributed by atoms with Crippen LogP contribution in [-0.4, -0.2) is 37.3 Å². The topological polar surface area (TPSA) is 78.7 Å². The molecule has 1 amide bonds. The Labute approximate surface area is 175 Å². The molecule has 1 atom stereocenters. The van der Waals surface area contributed by atoms with Gasteiger partial charge in [-0.3, -0.25) is 9.79 Å². The first-order chi connectivity index (χ1) is 12.2. The second-order valence-electron chi connectivity index (χ2n) is 5.40. The molecule has 0 bridgehead atoms. The largest absolute Gasteiger partial charge is 0.467 e. The number of hydrogen-bond acceptors (Lipinski definition) is 4. The van der Waals surface area contributed by atoms with Crippen molar-refractivity contribution < 1.29 is 9.21 Å². The number of rotatable bonds is 8. The van der Waals surface area contributed by atoms with Gasteiger partial charge in [0.1, 0.15) is 5.76 Å². The molecule has 0 aliphatic heterocycles. The standard InChI is InChI=1S/C18H24N4O2S.HI/c1-14(25-16-8-4-3-5-9-16)11-21-18(19-2)22-13-17(23)20-12-15-7-6-10-24-15;/h3-10,14H,11-13H2,1-2H3,(H,20,23)(H2,19,21,22);1H. The number of guanidine groups is 1. The minimum Gasteiger partial charge on any atom is -0.467 e. The van der Waals surface area contributed by atoms with E-state index in [0.29, 0.717) is 17.8 Å². The number of nitrogens with zero attached hydrogens (tertiary/aromatic N) is 1. The fourth-order valence-corrected chi connectivity index (χ4v) is 3.00. The minimum atomic E-state index is -0.119. The maximum absolute atomic E-state index is 11.8. The Morgan fingerprint density at radius 2 is 1.92 bits per heavy atom. The van der Waals surface area contributed by atoms with Crippen LogP contribution in [0.4, 0.5) is 0 Å². The van der Waals surface area contributed by atoms with E-state index in [9.17, 15) is 4.79 Å².